The molecule has 0 bridgehead atoms. The fourth-order valence-electron chi connectivity index (χ4n) is 6.80. The van der Waals surface area contributed by atoms with Gasteiger partial charge in [-0.1, -0.05) is 75.5 Å². The number of imidazole rings is 1. The van der Waals surface area contributed by atoms with E-state index in [9.17, 15) is 0 Å². The number of para-hydroxylation sites is 2. The Bertz CT molecular complexity index is 2110. The predicted octanol–water partition coefficient (Wildman–Crippen LogP) is 7.10. The number of nitrogens with zero attached hydrogens (tertiary/aromatic N) is 5. The quantitative estimate of drug-likeness (QED) is 0.142. The number of hydrogen-bond acceptors (Lipinski definition) is 2. The van der Waals surface area contributed by atoms with E-state index in [4.69, 9.17) is 0 Å². The number of aryl methyl sites for hydroxylation is 1. The van der Waals surface area contributed by atoms with Crippen LogP contribution in [0, 0.1) is 25.1 Å². The maximum atomic E-state index is 3.93. The van der Waals surface area contributed by atoms with E-state index in [-0.39, 0.29) is 26.5 Å². The third-order valence-corrected chi connectivity index (χ3v) is 9.15. The van der Waals surface area contributed by atoms with Crippen LogP contribution in [-0.4, -0.2) is 21.1 Å². The second-order valence-electron chi connectivity index (χ2n) is 13.1. The fourth-order valence-corrected chi connectivity index (χ4v) is 6.80. The Hall–Kier alpha value is -4.08. The summed E-state index contributed by atoms with van der Waals surface area (Å²) in [4.78, 5) is 4.20. The van der Waals surface area contributed by atoms with Crippen LogP contribution in [0.3, 0.4) is 0 Å². The number of hydrogen-bond donors (Lipinski definition) is 0. The van der Waals surface area contributed by atoms with Crippen LogP contribution < -0.4 is 9.47 Å². The van der Waals surface area contributed by atoms with Crippen LogP contribution in [0.4, 0.5) is 5.69 Å². The van der Waals surface area contributed by atoms with Gasteiger partial charge in [0.1, 0.15) is 0 Å². The SMILES string of the molecule is CN1C=CN(c2[c-]c3c(cc2)-n2c4ccccc4c4cccc(c42)C3(C)c2[c-]c(-n3[c-][n+](C)cc3)cc(C(C)(C)C)c2)[CH-]1.[Pt+4]. The van der Waals surface area contributed by atoms with Crippen LogP contribution in [-0.2, 0) is 38.9 Å². The topological polar surface area (TPSA) is 20.2 Å². The van der Waals surface area contributed by atoms with Gasteiger partial charge in [-0.05, 0) is 36.5 Å². The number of benzene rings is 4. The summed E-state index contributed by atoms with van der Waals surface area (Å²) >= 11 is 0. The summed E-state index contributed by atoms with van der Waals surface area (Å²) < 4.78 is 6.44. The van der Waals surface area contributed by atoms with E-state index in [1.807, 2.05) is 35.6 Å². The Morgan fingerprint density at radius 1 is 0.886 bits per heavy atom. The second kappa shape index (κ2) is 9.97. The molecule has 8 rings (SSSR count). The molecule has 0 spiro atoms. The van der Waals surface area contributed by atoms with E-state index in [1.54, 1.807) is 0 Å². The van der Waals surface area contributed by atoms with Gasteiger partial charge in [0.25, 0.3) is 0 Å². The molecule has 2 aliphatic heterocycles. The summed E-state index contributed by atoms with van der Waals surface area (Å²) in [5, 5.41) is 2.53. The van der Waals surface area contributed by atoms with Gasteiger partial charge in [0.05, 0.1) is 7.05 Å². The van der Waals surface area contributed by atoms with Gasteiger partial charge in [-0.3, -0.25) is 0 Å². The summed E-state index contributed by atoms with van der Waals surface area (Å²) in [6.45, 7) is 11.3. The minimum Gasteiger partial charge on any atom is -0.510 e. The van der Waals surface area contributed by atoms with Crippen LogP contribution in [0.5, 0.6) is 0 Å². The van der Waals surface area contributed by atoms with Gasteiger partial charge >= 0.3 is 21.1 Å². The Morgan fingerprint density at radius 3 is 2.41 bits per heavy atom. The zero-order valence-electron chi connectivity index (χ0n) is 25.8. The number of aromatic nitrogens is 3. The molecule has 0 saturated carbocycles. The molecular weight excluding hydrogens is 722 g/mol. The van der Waals surface area contributed by atoms with Gasteiger partial charge in [-0.2, -0.15) is 42.1 Å². The van der Waals surface area contributed by atoms with Crippen LogP contribution in [0.2, 0.25) is 0 Å². The second-order valence-corrected chi connectivity index (χ2v) is 13.1. The van der Waals surface area contributed by atoms with Gasteiger partial charge < -0.3 is 23.5 Å². The molecule has 5 nitrogen and oxygen atoms in total. The molecule has 6 heteroatoms. The van der Waals surface area contributed by atoms with Crippen LogP contribution in [0.25, 0.3) is 33.2 Å². The molecule has 4 aromatic carbocycles. The summed E-state index contributed by atoms with van der Waals surface area (Å²) in [7, 11) is 4.05. The molecule has 0 aliphatic carbocycles. The van der Waals surface area contributed by atoms with Crippen molar-refractivity contribution in [3.63, 3.8) is 0 Å². The van der Waals surface area contributed by atoms with E-state index in [0.29, 0.717) is 0 Å². The maximum absolute atomic E-state index is 3.93. The zero-order chi connectivity index (χ0) is 29.7. The van der Waals surface area contributed by atoms with E-state index >= 15 is 0 Å². The third-order valence-electron chi connectivity index (χ3n) is 9.15. The molecule has 6 aromatic rings. The van der Waals surface area contributed by atoms with Crippen molar-refractivity contribution in [1.29, 1.82) is 0 Å². The normalized spacial score (nSPS) is 17.4. The smallest absolute Gasteiger partial charge is 0.510 e. The van der Waals surface area contributed by atoms with Crippen molar-refractivity contribution < 1.29 is 25.6 Å². The van der Waals surface area contributed by atoms with Gasteiger partial charge in [-0.25, -0.2) is 0 Å². The summed E-state index contributed by atoms with van der Waals surface area (Å²) in [5.41, 5.74) is 9.80. The molecular formula is C38H34N5Pt+. The van der Waals surface area contributed by atoms with Crippen LogP contribution in [0.15, 0.2) is 91.5 Å². The van der Waals surface area contributed by atoms with Crippen LogP contribution in [0.1, 0.15) is 49.9 Å². The van der Waals surface area contributed by atoms with Crippen molar-refractivity contribution in [2.24, 2.45) is 7.05 Å². The Balaban J connectivity index is 0.00000312. The number of rotatable bonds is 3. The van der Waals surface area contributed by atoms with Gasteiger partial charge in [0, 0.05) is 39.6 Å². The molecule has 220 valence electrons. The first-order valence-corrected chi connectivity index (χ1v) is 14.8. The molecule has 1 atom stereocenters. The van der Waals surface area contributed by atoms with E-state index < -0.39 is 5.41 Å². The fraction of sp³-hybridized carbons (Fsp3) is 0.211. The molecule has 0 fully saturated rings. The predicted molar refractivity (Wildman–Crippen MR) is 172 cm³/mol. The first-order chi connectivity index (χ1) is 20.6. The van der Waals surface area contributed by atoms with Crippen molar-refractivity contribution >= 4 is 27.5 Å². The van der Waals surface area contributed by atoms with Gasteiger partial charge in [-0.15, -0.1) is 23.4 Å². The maximum Gasteiger partial charge on any atom is 4.00 e. The largest absolute Gasteiger partial charge is 4.00 e. The molecule has 44 heavy (non-hydrogen) atoms. The molecule has 2 aromatic heterocycles. The Kier molecular flexibility index (Phi) is 6.50. The molecule has 0 saturated heterocycles. The first-order valence-electron chi connectivity index (χ1n) is 14.8. The van der Waals surface area contributed by atoms with E-state index in [0.717, 1.165) is 28.2 Å². The molecule has 0 N–H and O–H groups in total. The zero-order valence-corrected chi connectivity index (χ0v) is 28.1. The summed E-state index contributed by atoms with van der Waals surface area (Å²) in [6.07, 6.45) is 11.6. The molecule has 0 radical (unpaired) electrons. The summed E-state index contributed by atoms with van der Waals surface area (Å²) in [6, 6.07) is 32.4. The first kappa shape index (κ1) is 28.7. The van der Waals surface area contributed by atoms with Crippen molar-refractivity contribution in [3.8, 4) is 11.4 Å². The van der Waals surface area contributed by atoms with E-state index in [1.165, 1.54) is 32.9 Å². The minimum absolute atomic E-state index is 0. The third kappa shape index (κ3) is 4.13. The van der Waals surface area contributed by atoms with Gasteiger partial charge in [0.15, 0.2) is 0 Å². The molecule has 2 aliphatic rings. The monoisotopic (exact) mass is 755 g/mol. The van der Waals surface area contributed by atoms with Crippen molar-refractivity contribution in [3.05, 3.63) is 139 Å². The Morgan fingerprint density at radius 2 is 1.68 bits per heavy atom. The standard InChI is InChI=1S/C38H34N5.Pt/c1-37(2,3)26-20-27(22-29(21-26)42-19-17-40(6)25-42)38(4)32-12-9-11-31-30-10-7-8-13-34(30)43(36(31)32)35-15-14-28(23-33(35)38)41-18-16-39(5)24-41;/h7-21,24H,1-6H3;/q-3;+4. The van der Waals surface area contributed by atoms with Crippen molar-refractivity contribution in [2.75, 3.05) is 11.9 Å². The summed E-state index contributed by atoms with van der Waals surface area (Å²) in [5.74, 6) is 0. The molecule has 0 amide bonds. The Labute approximate surface area is 273 Å². The molecule has 1 unspecified atom stereocenters. The minimum atomic E-state index is -0.532. The number of anilines is 1. The average molecular weight is 756 g/mol. The molecule has 4 heterocycles. The van der Waals surface area contributed by atoms with Crippen molar-refractivity contribution in [1.82, 2.24) is 14.0 Å². The van der Waals surface area contributed by atoms with Gasteiger partial charge in [0.2, 0.25) is 6.33 Å². The average Bonchev–Trinajstić information content (AvgIpc) is 3.72. The van der Waals surface area contributed by atoms with E-state index in [2.05, 4.69) is 146 Å². The van der Waals surface area contributed by atoms with Crippen LogP contribution >= 0.6 is 0 Å². The number of fused-ring (bicyclic) bond motifs is 5. The van der Waals surface area contributed by atoms with Crippen molar-refractivity contribution in [2.45, 2.75) is 38.5 Å².